The molecule has 0 aliphatic heterocycles. The van der Waals surface area contributed by atoms with E-state index in [0.29, 0.717) is 5.69 Å². The topological polar surface area (TPSA) is 102 Å². The zero-order valence-electron chi connectivity index (χ0n) is 10.1. The molecule has 0 radical (unpaired) electrons. The number of rotatable bonds is 6. The van der Waals surface area contributed by atoms with E-state index in [4.69, 9.17) is 15.6 Å². The third-order valence-corrected chi connectivity index (χ3v) is 2.43. The van der Waals surface area contributed by atoms with Crippen molar-refractivity contribution < 1.29 is 19.4 Å². The van der Waals surface area contributed by atoms with Crippen LogP contribution in [0.4, 0.5) is 5.69 Å². The van der Waals surface area contributed by atoms with E-state index < -0.39 is 18.0 Å². The lowest BCUT2D eigenvalue weighted by atomic mass is 10.2. The second-order valence-corrected chi connectivity index (χ2v) is 3.77. The van der Waals surface area contributed by atoms with Crippen molar-refractivity contribution in [3.8, 4) is 0 Å². The van der Waals surface area contributed by atoms with Gasteiger partial charge in [0.1, 0.15) is 6.61 Å². The van der Waals surface area contributed by atoms with Gasteiger partial charge >= 0.3 is 11.9 Å². The predicted octanol–water partition coefficient (Wildman–Crippen LogP) is 0.488. The number of anilines is 1. The average Bonchev–Trinajstić information content (AvgIpc) is 2.34. The standard InChI is InChI=1S/C12H16N2O4/c1-14-8(6-11(15)16)7-18-12(17)9-4-2-3-5-10(9)13/h2-5,8,14H,6-7,13H2,1H3,(H,15,16). The average molecular weight is 252 g/mol. The van der Waals surface area contributed by atoms with Gasteiger partial charge in [-0.25, -0.2) is 4.79 Å². The predicted molar refractivity (Wildman–Crippen MR) is 66.2 cm³/mol. The minimum Gasteiger partial charge on any atom is -0.481 e. The number of nitrogens with one attached hydrogen (secondary N) is 1. The number of ether oxygens (including phenoxy) is 1. The van der Waals surface area contributed by atoms with E-state index in [2.05, 4.69) is 5.32 Å². The second kappa shape index (κ2) is 6.61. The quantitative estimate of drug-likeness (QED) is 0.503. The van der Waals surface area contributed by atoms with Crippen molar-refractivity contribution in [2.75, 3.05) is 19.4 Å². The molecule has 0 fully saturated rings. The molecule has 0 bridgehead atoms. The summed E-state index contributed by atoms with van der Waals surface area (Å²) >= 11 is 0. The van der Waals surface area contributed by atoms with E-state index in [-0.39, 0.29) is 18.6 Å². The molecule has 1 aromatic carbocycles. The van der Waals surface area contributed by atoms with Crippen molar-refractivity contribution in [2.45, 2.75) is 12.5 Å². The van der Waals surface area contributed by atoms with Gasteiger partial charge < -0.3 is 20.9 Å². The number of hydrogen-bond acceptors (Lipinski definition) is 5. The van der Waals surface area contributed by atoms with Crippen LogP contribution in [0.15, 0.2) is 24.3 Å². The molecule has 0 saturated heterocycles. The third-order valence-electron chi connectivity index (χ3n) is 2.43. The van der Waals surface area contributed by atoms with Crippen molar-refractivity contribution in [3.63, 3.8) is 0 Å². The highest BCUT2D eigenvalue weighted by atomic mass is 16.5. The molecule has 1 aromatic rings. The number of carboxylic acid groups (broad SMARTS) is 1. The van der Waals surface area contributed by atoms with Crippen molar-refractivity contribution >= 4 is 17.6 Å². The van der Waals surface area contributed by atoms with Gasteiger partial charge in [-0.2, -0.15) is 0 Å². The van der Waals surface area contributed by atoms with Gasteiger partial charge in [-0.05, 0) is 19.2 Å². The Morgan fingerprint density at radius 1 is 1.44 bits per heavy atom. The van der Waals surface area contributed by atoms with Crippen molar-refractivity contribution in [2.24, 2.45) is 0 Å². The lowest BCUT2D eigenvalue weighted by molar-refractivity contribution is -0.137. The highest BCUT2D eigenvalue weighted by molar-refractivity contribution is 5.94. The fraction of sp³-hybridized carbons (Fsp3) is 0.333. The maximum atomic E-state index is 11.7. The highest BCUT2D eigenvalue weighted by Gasteiger charge is 2.15. The minimum atomic E-state index is -0.954. The van der Waals surface area contributed by atoms with Crippen LogP contribution in [0.5, 0.6) is 0 Å². The summed E-state index contributed by atoms with van der Waals surface area (Å²) < 4.78 is 5.02. The molecule has 4 N–H and O–H groups in total. The van der Waals surface area contributed by atoms with Gasteiger partial charge in [-0.3, -0.25) is 4.79 Å². The normalized spacial score (nSPS) is 11.8. The number of likely N-dealkylation sites (N-methyl/N-ethyl adjacent to an activating group) is 1. The van der Waals surface area contributed by atoms with Crippen LogP contribution in [-0.4, -0.2) is 36.7 Å². The number of hydrogen-bond donors (Lipinski definition) is 3. The number of carboxylic acids is 1. The van der Waals surface area contributed by atoms with E-state index in [1.54, 1.807) is 31.3 Å². The Kier molecular flexibility index (Phi) is 5.13. The Morgan fingerprint density at radius 3 is 2.67 bits per heavy atom. The van der Waals surface area contributed by atoms with Crippen LogP contribution in [0, 0.1) is 0 Å². The van der Waals surface area contributed by atoms with E-state index in [0.717, 1.165) is 0 Å². The number of nitrogens with two attached hydrogens (primary N) is 1. The largest absolute Gasteiger partial charge is 0.481 e. The lowest BCUT2D eigenvalue weighted by Crippen LogP contribution is -2.33. The Morgan fingerprint density at radius 2 is 2.11 bits per heavy atom. The van der Waals surface area contributed by atoms with Gasteiger partial charge in [0.25, 0.3) is 0 Å². The zero-order chi connectivity index (χ0) is 13.5. The minimum absolute atomic E-state index is 0.0179. The Labute approximate surface area is 105 Å². The molecule has 98 valence electrons. The molecule has 0 spiro atoms. The van der Waals surface area contributed by atoms with Gasteiger partial charge in [0, 0.05) is 5.69 Å². The number of benzene rings is 1. The van der Waals surface area contributed by atoms with Gasteiger partial charge in [0.15, 0.2) is 0 Å². The third kappa shape index (κ3) is 4.06. The van der Waals surface area contributed by atoms with Gasteiger partial charge in [-0.1, -0.05) is 12.1 Å². The molecule has 0 heterocycles. The number of nitrogen functional groups attached to an aromatic ring is 1. The highest BCUT2D eigenvalue weighted by Crippen LogP contribution is 2.12. The van der Waals surface area contributed by atoms with Crippen LogP contribution in [0.3, 0.4) is 0 Å². The summed E-state index contributed by atoms with van der Waals surface area (Å²) in [7, 11) is 1.61. The van der Waals surface area contributed by atoms with Crippen LogP contribution in [-0.2, 0) is 9.53 Å². The van der Waals surface area contributed by atoms with Gasteiger partial charge in [-0.15, -0.1) is 0 Å². The molecule has 0 aromatic heterocycles. The SMILES string of the molecule is CNC(COC(=O)c1ccccc1N)CC(=O)O. The molecule has 0 saturated carbocycles. The zero-order valence-corrected chi connectivity index (χ0v) is 10.1. The van der Waals surface area contributed by atoms with E-state index in [1.165, 1.54) is 0 Å². The molecular formula is C12H16N2O4. The fourth-order valence-electron chi connectivity index (χ4n) is 1.39. The summed E-state index contributed by atoms with van der Waals surface area (Å²) in [6.07, 6.45) is -0.117. The maximum Gasteiger partial charge on any atom is 0.340 e. The molecule has 0 amide bonds. The van der Waals surface area contributed by atoms with Crippen LogP contribution in [0.1, 0.15) is 16.8 Å². The number of aliphatic carboxylic acids is 1. The summed E-state index contributed by atoms with van der Waals surface area (Å²) in [5.74, 6) is -1.51. The molecule has 1 unspecified atom stereocenters. The summed E-state index contributed by atoms with van der Waals surface area (Å²) in [4.78, 5) is 22.2. The van der Waals surface area contributed by atoms with E-state index in [9.17, 15) is 9.59 Å². The van der Waals surface area contributed by atoms with Crippen molar-refractivity contribution in [1.82, 2.24) is 5.32 Å². The van der Waals surface area contributed by atoms with Crippen LogP contribution >= 0.6 is 0 Å². The van der Waals surface area contributed by atoms with Gasteiger partial charge in [0.05, 0.1) is 18.0 Å². The second-order valence-electron chi connectivity index (χ2n) is 3.77. The van der Waals surface area contributed by atoms with Crippen molar-refractivity contribution in [3.05, 3.63) is 29.8 Å². The van der Waals surface area contributed by atoms with E-state index in [1.807, 2.05) is 0 Å². The van der Waals surface area contributed by atoms with Gasteiger partial charge in [0.2, 0.25) is 0 Å². The monoisotopic (exact) mass is 252 g/mol. The summed E-state index contributed by atoms with van der Waals surface area (Å²) in [6, 6.07) is 6.13. The smallest absolute Gasteiger partial charge is 0.340 e. The first kappa shape index (κ1) is 14.0. The van der Waals surface area contributed by atoms with Crippen LogP contribution in [0.25, 0.3) is 0 Å². The van der Waals surface area contributed by atoms with Crippen LogP contribution < -0.4 is 11.1 Å². The lowest BCUT2D eigenvalue weighted by Gasteiger charge is -2.14. The molecule has 6 nitrogen and oxygen atoms in total. The summed E-state index contributed by atoms with van der Waals surface area (Å²) in [5, 5.41) is 11.4. The summed E-state index contributed by atoms with van der Waals surface area (Å²) in [6.45, 7) is -0.0179. The number of carbonyl (C=O) groups is 2. The Bertz CT molecular complexity index is 434. The molecule has 1 atom stereocenters. The Balaban J connectivity index is 2.55. The first-order valence-electron chi connectivity index (χ1n) is 5.45. The summed E-state index contributed by atoms with van der Waals surface area (Å²) in [5.41, 5.74) is 6.25. The Hall–Kier alpha value is -2.08. The maximum absolute atomic E-state index is 11.7. The molecule has 0 aliphatic carbocycles. The molecule has 18 heavy (non-hydrogen) atoms. The molecule has 1 rings (SSSR count). The van der Waals surface area contributed by atoms with E-state index >= 15 is 0 Å². The van der Waals surface area contributed by atoms with Crippen LogP contribution in [0.2, 0.25) is 0 Å². The number of esters is 1. The first-order chi connectivity index (χ1) is 8.54. The molecule has 0 aliphatic rings. The molecule has 6 heteroatoms. The van der Waals surface area contributed by atoms with Crippen molar-refractivity contribution in [1.29, 1.82) is 0 Å². The fourth-order valence-corrected chi connectivity index (χ4v) is 1.39. The first-order valence-corrected chi connectivity index (χ1v) is 5.45. The molecular weight excluding hydrogens is 236 g/mol. The number of carbonyl (C=O) groups excluding carboxylic acids is 1. The number of para-hydroxylation sites is 1.